The van der Waals surface area contributed by atoms with Crippen LogP contribution in [0.1, 0.15) is 22.8 Å². The van der Waals surface area contributed by atoms with Crippen molar-refractivity contribution in [1.29, 1.82) is 0 Å². The quantitative estimate of drug-likeness (QED) is 0.320. The van der Waals surface area contributed by atoms with E-state index in [1.54, 1.807) is 0 Å². The third-order valence-corrected chi connectivity index (χ3v) is 4.91. The molecular weight excluding hydrogens is 402 g/mol. The van der Waals surface area contributed by atoms with Crippen LogP contribution in [0.4, 0.5) is 5.69 Å². The van der Waals surface area contributed by atoms with Gasteiger partial charge < -0.3 is 4.18 Å². The summed E-state index contributed by atoms with van der Waals surface area (Å²) in [4.78, 5) is 21.6. The molecule has 24 heavy (non-hydrogen) atoms. The summed E-state index contributed by atoms with van der Waals surface area (Å²) in [6, 6.07) is 7.75. The number of ketones is 1. The third kappa shape index (κ3) is 3.80. The van der Waals surface area contributed by atoms with Crippen LogP contribution in [0.3, 0.4) is 0 Å². The van der Waals surface area contributed by atoms with Gasteiger partial charge in [-0.1, -0.05) is 22.0 Å². The highest BCUT2D eigenvalue weighted by molar-refractivity contribution is 9.10. The first-order chi connectivity index (χ1) is 11.1. The fourth-order valence-corrected chi connectivity index (χ4v) is 3.29. The van der Waals surface area contributed by atoms with Crippen molar-refractivity contribution in [2.24, 2.45) is 0 Å². The molecule has 9 heteroatoms. The van der Waals surface area contributed by atoms with Gasteiger partial charge in [-0.3, -0.25) is 14.9 Å². The highest BCUT2D eigenvalue weighted by atomic mass is 79.9. The Labute approximate surface area is 146 Å². The maximum absolute atomic E-state index is 12.4. The first-order valence-corrected chi connectivity index (χ1v) is 8.82. The van der Waals surface area contributed by atoms with Crippen LogP contribution in [0.5, 0.6) is 5.75 Å². The highest BCUT2D eigenvalue weighted by Gasteiger charge is 2.23. The lowest BCUT2D eigenvalue weighted by Gasteiger charge is -2.10. The third-order valence-electron chi connectivity index (χ3n) is 3.19. The topological polar surface area (TPSA) is 104 Å². The van der Waals surface area contributed by atoms with E-state index in [2.05, 4.69) is 15.9 Å². The van der Waals surface area contributed by atoms with Crippen LogP contribution in [0.25, 0.3) is 0 Å². The predicted molar refractivity (Wildman–Crippen MR) is 89.8 cm³/mol. The summed E-state index contributed by atoms with van der Waals surface area (Å²) < 4.78 is 30.4. The van der Waals surface area contributed by atoms with Gasteiger partial charge >= 0.3 is 10.1 Å². The van der Waals surface area contributed by atoms with Gasteiger partial charge in [-0.15, -0.1) is 0 Å². The highest BCUT2D eigenvalue weighted by Crippen LogP contribution is 2.28. The number of carbonyl (C=O) groups excluding carboxylic acids is 1. The summed E-state index contributed by atoms with van der Waals surface area (Å²) in [6.45, 7) is 2.77. The molecule has 2 aromatic rings. The maximum Gasteiger partial charge on any atom is 0.339 e. The molecule has 0 fully saturated rings. The van der Waals surface area contributed by atoms with Gasteiger partial charge in [-0.05, 0) is 38.1 Å². The summed E-state index contributed by atoms with van der Waals surface area (Å²) in [5.41, 5.74) is 0.0730. The lowest BCUT2D eigenvalue weighted by Crippen LogP contribution is -2.12. The van der Waals surface area contributed by atoms with Crippen molar-refractivity contribution < 1.29 is 22.3 Å². The number of hydrogen-bond acceptors (Lipinski definition) is 6. The van der Waals surface area contributed by atoms with E-state index in [0.717, 1.165) is 6.07 Å². The van der Waals surface area contributed by atoms with E-state index < -0.39 is 15.0 Å². The van der Waals surface area contributed by atoms with Crippen molar-refractivity contribution in [2.75, 3.05) is 0 Å². The largest absolute Gasteiger partial charge is 0.378 e. The van der Waals surface area contributed by atoms with Crippen LogP contribution in [-0.4, -0.2) is 19.1 Å². The van der Waals surface area contributed by atoms with Crippen molar-refractivity contribution in [3.05, 3.63) is 62.1 Å². The zero-order valence-electron chi connectivity index (χ0n) is 12.6. The molecule has 0 N–H and O–H groups in total. The Morgan fingerprint density at radius 3 is 2.46 bits per heavy atom. The van der Waals surface area contributed by atoms with Gasteiger partial charge in [-0.25, -0.2) is 0 Å². The number of benzene rings is 2. The molecule has 0 spiro atoms. The number of nitro groups is 1. The number of nitro benzene ring substituents is 1. The minimum atomic E-state index is -4.33. The van der Waals surface area contributed by atoms with Gasteiger partial charge in [0.1, 0.15) is 4.90 Å². The zero-order chi connectivity index (χ0) is 18.1. The second-order valence-electron chi connectivity index (χ2n) is 4.94. The zero-order valence-corrected chi connectivity index (χ0v) is 15.0. The summed E-state index contributed by atoms with van der Waals surface area (Å²) in [5, 5.41) is 11.0. The van der Waals surface area contributed by atoms with Crippen molar-refractivity contribution in [1.82, 2.24) is 0 Å². The van der Waals surface area contributed by atoms with Crippen LogP contribution in [0, 0.1) is 17.0 Å². The molecule has 7 nitrogen and oxygen atoms in total. The molecule has 0 saturated heterocycles. The lowest BCUT2D eigenvalue weighted by atomic mass is 10.1. The average Bonchev–Trinajstić information content (AvgIpc) is 2.48. The fraction of sp³-hybridized carbons (Fsp3) is 0.133. The molecule has 0 aliphatic rings. The summed E-state index contributed by atoms with van der Waals surface area (Å²) in [5.74, 6) is -0.523. The summed E-state index contributed by atoms with van der Waals surface area (Å²) in [6.07, 6.45) is 0. The van der Waals surface area contributed by atoms with E-state index in [9.17, 15) is 23.3 Å². The van der Waals surface area contributed by atoms with Crippen molar-refractivity contribution in [3.63, 3.8) is 0 Å². The molecule has 0 radical (unpaired) electrons. The maximum atomic E-state index is 12.4. The number of nitrogens with zero attached hydrogens (tertiary/aromatic N) is 1. The van der Waals surface area contributed by atoms with E-state index >= 15 is 0 Å². The Bertz CT molecular complexity index is 939. The Kier molecular flexibility index (Phi) is 5.05. The van der Waals surface area contributed by atoms with E-state index in [4.69, 9.17) is 4.18 Å². The van der Waals surface area contributed by atoms with Gasteiger partial charge in [0, 0.05) is 16.1 Å². The number of rotatable bonds is 5. The molecule has 0 aliphatic heterocycles. The lowest BCUT2D eigenvalue weighted by molar-refractivity contribution is -0.385. The first kappa shape index (κ1) is 18.1. The molecule has 0 saturated carbocycles. The Morgan fingerprint density at radius 2 is 1.88 bits per heavy atom. The Hall–Kier alpha value is -2.26. The number of halogens is 1. The summed E-state index contributed by atoms with van der Waals surface area (Å²) in [7, 11) is -4.33. The monoisotopic (exact) mass is 413 g/mol. The molecule has 2 rings (SSSR count). The normalized spacial score (nSPS) is 11.1. The fourth-order valence-electron chi connectivity index (χ4n) is 1.96. The van der Waals surface area contributed by atoms with Crippen LogP contribution in [-0.2, 0) is 10.1 Å². The second kappa shape index (κ2) is 6.70. The second-order valence-corrected chi connectivity index (χ2v) is 7.40. The van der Waals surface area contributed by atoms with Gasteiger partial charge in [0.15, 0.2) is 11.5 Å². The van der Waals surface area contributed by atoms with E-state index in [1.807, 2.05) is 0 Å². The summed E-state index contributed by atoms with van der Waals surface area (Å²) >= 11 is 3.19. The average molecular weight is 414 g/mol. The van der Waals surface area contributed by atoms with E-state index in [0.29, 0.717) is 10.0 Å². The molecule has 0 aromatic heterocycles. The molecule has 0 heterocycles. The van der Waals surface area contributed by atoms with Crippen LogP contribution in [0.2, 0.25) is 0 Å². The van der Waals surface area contributed by atoms with Gasteiger partial charge in [-0.2, -0.15) is 8.42 Å². The first-order valence-electron chi connectivity index (χ1n) is 6.62. The van der Waals surface area contributed by atoms with Gasteiger partial charge in [0.05, 0.1) is 10.5 Å². The van der Waals surface area contributed by atoms with Gasteiger partial charge in [0.25, 0.3) is 5.69 Å². The molecule has 0 unspecified atom stereocenters. The molecule has 2 aromatic carbocycles. The standard InChI is InChI=1S/C15H12BrNO6S/c1-9-3-5-12(8-14(9)17(19)20)24(21,22)23-15-6-4-11(16)7-13(15)10(2)18/h3-8H,1-2H3. The van der Waals surface area contributed by atoms with E-state index in [-0.39, 0.29) is 27.7 Å². The van der Waals surface area contributed by atoms with E-state index in [1.165, 1.54) is 44.2 Å². The van der Waals surface area contributed by atoms with Crippen molar-refractivity contribution in [3.8, 4) is 5.75 Å². The molecule has 126 valence electrons. The number of carbonyl (C=O) groups is 1. The molecule has 0 atom stereocenters. The Balaban J connectivity index is 2.49. The Morgan fingerprint density at radius 1 is 1.21 bits per heavy atom. The molecular formula is C15H12BrNO6S. The smallest absolute Gasteiger partial charge is 0.339 e. The molecule has 0 aliphatic carbocycles. The van der Waals surface area contributed by atoms with Crippen molar-refractivity contribution in [2.45, 2.75) is 18.7 Å². The predicted octanol–water partition coefficient (Wildman–Crippen LogP) is 3.64. The minimum Gasteiger partial charge on any atom is -0.378 e. The van der Waals surface area contributed by atoms with Crippen LogP contribution >= 0.6 is 15.9 Å². The number of hydrogen-bond donors (Lipinski definition) is 0. The molecule has 0 amide bonds. The minimum absolute atomic E-state index is 0.0783. The number of aryl methyl sites for hydroxylation is 1. The van der Waals surface area contributed by atoms with Crippen LogP contribution < -0.4 is 4.18 Å². The number of Topliss-reactive ketones (excluding diaryl/α,β-unsaturated/α-hetero) is 1. The van der Waals surface area contributed by atoms with Crippen LogP contribution in [0.15, 0.2) is 45.8 Å². The SMILES string of the molecule is CC(=O)c1cc(Br)ccc1OS(=O)(=O)c1ccc(C)c([N+](=O)[O-])c1. The van der Waals surface area contributed by atoms with Gasteiger partial charge in [0.2, 0.25) is 0 Å². The molecule has 0 bridgehead atoms. The van der Waals surface area contributed by atoms with Crippen molar-refractivity contribution >= 4 is 37.5 Å².